The van der Waals surface area contributed by atoms with Crippen LogP contribution in [0.3, 0.4) is 0 Å². The van der Waals surface area contributed by atoms with E-state index in [-0.39, 0.29) is 17.7 Å². The first kappa shape index (κ1) is 12.8. The Morgan fingerprint density at radius 2 is 2.44 bits per heavy atom. The summed E-state index contributed by atoms with van der Waals surface area (Å²) >= 11 is 0. The van der Waals surface area contributed by atoms with Crippen LogP contribution in [-0.4, -0.2) is 46.6 Å². The number of hydrogen-bond donors (Lipinski definition) is 3. The van der Waals surface area contributed by atoms with E-state index < -0.39 is 0 Å². The van der Waals surface area contributed by atoms with E-state index in [0.717, 1.165) is 12.2 Å². The number of nitrogens with zero attached hydrogens (tertiary/aromatic N) is 2. The number of hydrogen-bond acceptors (Lipinski definition) is 5. The van der Waals surface area contributed by atoms with Gasteiger partial charge in [-0.25, -0.2) is 0 Å². The third-order valence-corrected chi connectivity index (χ3v) is 3.12. The van der Waals surface area contributed by atoms with Crippen LogP contribution in [-0.2, 0) is 11.3 Å². The molecular weight excluding hydrogens is 232 g/mol. The van der Waals surface area contributed by atoms with Crippen LogP contribution in [0, 0.1) is 6.92 Å². The summed E-state index contributed by atoms with van der Waals surface area (Å²) in [6.45, 7) is 4.36. The number of nitrogens with two attached hydrogens (primary N) is 1. The number of amides is 1. The lowest BCUT2D eigenvalue weighted by molar-refractivity contribution is -0.124. The van der Waals surface area contributed by atoms with E-state index in [9.17, 15) is 9.90 Å². The largest absolute Gasteiger partial charge is 0.506 e. The van der Waals surface area contributed by atoms with Gasteiger partial charge in [0.2, 0.25) is 5.91 Å². The molecule has 6 heteroatoms. The van der Waals surface area contributed by atoms with Crippen molar-refractivity contribution in [3.8, 4) is 5.75 Å². The fourth-order valence-electron chi connectivity index (χ4n) is 2.13. The lowest BCUT2D eigenvalue weighted by Gasteiger charge is -2.33. The number of rotatable bonds is 3. The number of piperazine rings is 1. The summed E-state index contributed by atoms with van der Waals surface area (Å²) < 4.78 is 0. The van der Waals surface area contributed by atoms with E-state index in [1.807, 2.05) is 11.8 Å². The van der Waals surface area contributed by atoms with Crippen molar-refractivity contribution in [2.75, 3.05) is 19.6 Å². The van der Waals surface area contributed by atoms with Crippen molar-refractivity contribution in [3.05, 3.63) is 23.5 Å². The van der Waals surface area contributed by atoms with Crippen molar-refractivity contribution in [2.45, 2.75) is 19.5 Å². The zero-order valence-corrected chi connectivity index (χ0v) is 10.4. The summed E-state index contributed by atoms with van der Waals surface area (Å²) in [6, 6.07) is 3.03. The molecule has 18 heavy (non-hydrogen) atoms. The van der Waals surface area contributed by atoms with Gasteiger partial charge in [-0.3, -0.25) is 14.7 Å². The van der Waals surface area contributed by atoms with Crippen molar-refractivity contribution >= 4 is 5.91 Å². The van der Waals surface area contributed by atoms with Crippen LogP contribution in [0.4, 0.5) is 0 Å². The molecule has 0 aromatic carbocycles. The molecule has 1 saturated heterocycles. The van der Waals surface area contributed by atoms with Crippen LogP contribution in [0.5, 0.6) is 5.75 Å². The topological polar surface area (TPSA) is 91.5 Å². The molecular formula is C12H18N4O2. The van der Waals surface area contributed by atoms with Gasteiger partial charge in [-0.15, -0.1) is 0 Å². The fraction of sp³-hybridized carbons (Fsp3) is 0.500. The van der Waals surface area contributed by atoms with Gasteiger partial charge in [0.1, 0.15) is 11.8 Å². The number of aromatic nitrogens is 1. The Bertz CT molecular complexity index is 450. The number of carbonyl (C=O) groups excluding carboxylic acids is 1. The van der Waals surface area contributed by atoms with E-state index in [4.69, 9.17) is 5.73 Å². The van der Waals surface area contributed by atoms with Gasteiger partial charge in [0.25, 0.3) is 0 Å². The molecule has 0 saturated carbocycles. The van der Waals surface area contributed by atoms with Crippen molar-refractivity contribution in [3.63, 3.8) is 0 Å². The van der Waals surface area contributed by atoms with Crippen molar-refractivity contribution in [1.29, 1.82) is 0 Å². The fourth-order valence-corrected chi connectivity index (χ4v) is 2.13. The van der Waals surface area contributed by atoms with E-state index in [1.54, 1.807) is 12.1 Å². The Morgan fingerprint density at radius 3 is 3.17 bits per heavy atom. The number of primary amides is 1. The highest BCUT2D eigenvalue weighted by Gasteiger charge is 2.27. The molecule has 0 aliphatic carbocycles. The highest BCUT2D eigenvalue weighted by Crippen LogP contribution is 2.18. The first-order valence-corrected chi connectivity index (χ1v) is 5.97. The molecule has 1 aromatic rings. The van der Waals surface area contributed by atoms with Gasteiger partial charge >= 0.3 is 0 Å². The van der Waals surface area contributed by atoms with Crippen LogP contribution >= 0.6 is 0 Å². The maximum Gasteiger partial charge on any atom is 0.236 e. The average Bonchev–Trinajstić information content (AvgIpc) is 2.34. The van der Waals surface area contributed by atoms with Gasteiger partial charge in [-0.1, -0.05) is 0 Å². The van der Waals surface area contributed by atoms with Gasteiger partial charge in [-0.05, 0) is 19.1 Å². The molecule has 2 heterocycles. The number of carbonyl (C=O) groups is 1. The summed E-state index contributed by atoms with van der Waals surface area (Å²) in [6.07, 6.45) is 0. The minimum atomic E-state index is -0.352. The summed E-state index contributed by atoms with van der Waals surface area (Å²) in [4.78, 5) is 17.6. The molecule has 98 valence electrons. The van der Waals surface area contributed by atoms with Crippen molar-refractivity contribution < 1.29 is 9.90 Å². The summed E-state index contributed by atoms with van der Waals surface area (Å²) in [7, 11) is 0. The van der Waals surface area contributed by atoms with Crippen molar-refractivity contribution in [2.24, 2.45) is 5.73 Å². The Balaban J connectivity index is 2.15. The maximum atomic E-state index is 11.4. The first-order chi connectivity index (χ1) is 8.58. The molecule has 0 radical (unpaired) electrons. The second-order valence-electron chi connectivity index (χ2n) is 4.51. The zero-order chi connectivity index (χ0) is 13.1. The molecule has 0 spiro atoms. The summed E-state index contributed by atoms with van der Waals surface area (Å²) in [5.41, 5.74) is 6.80. The Morgan fingerprint density at radius 1 is 1.67 bits per heavy atom. The summed E-state index contributed by atoms with van der Waals surface area (Å²) in [5.74, 6) is -0.198. The first-order valence-electron chi connectivity index (χ1n) is 5.97. The van der Waals surface area contributed by atoms with Crippen LogP contribution in [0.1, 0.15) is 11.4 Å². The number of nitrogens with one attached hydrogen (secondary N) is 1. The number of aryl methyl sites for hydroxylation is 1. The van der Waals surface area contributed by atoms with E-state index in [2.05, 4.69) is 10.3 Å². The van der Waals surface area contributed by atoms with Crippen LogP contribution in [0.15, 0.2) is 12.1 Å². The smallest absolute Gasteiger partial charge is 0.236 e. The second-order valence-corrected chi connectivity index (χ2v) is 4.51. The molecule has 1 aliphatic rings. The molecule has 1 atom stereocenters. The predicted octanol–water partition coefficient (Wildman–Crippen LogP) is -0.645. The zero-order valence-electron chi connectivity index (χ0n) is 10.4. The molecule has 1 amide bonds. The quantitative estimate of drug-likeness (QED) is 0.663. The molecule has 1 unspecified atom stereocenters. The molecule has 1 aromatic heterocycles. The molecule has 1 fully saturated rings. The normalized spacial score (nSPS) is 20.8. The van der Waals surface area contributed by atoms with Gasteiger partial charge in [0, 0.05) is 31.9 Å². The Labute approximate surface area is 106 Å². The third kappa shape index (κ3) is 2.77. The SMILES string of the molecule is Cc1ccc(O)c(CN2CCNCC2C(N)=O)n1. The Hall–Kier alpha value is -1.66. The van der Waals surface area contributed by atoms with Gasteiger partial charge in [-0.2, -0.15) is 0 Å². The van der Waals surface area contributed by atoms with E-state index in [0.29, 0.717) is 25.3 Å². The molecule has 2 rings (SSSR count). The lowest BCUT2D eigenvalue weighted by atomic mass is 10.1. The number of aromatic hydroxyl groups is 1. The van der Waals surface area contributed by atoms with Crippen LogP contribution in [0.2, 0.25) is 0 Å². The highest BCUT2D eigenvalue weighted by molar-refractivity contribution is 5.80. The lowest BCUT2D eigenvalue weighted by Crippen LogP contribution is -2.56. The van der Waals surface area contributed by atoms with Gasteiger partial charge in [0.15, 0.2) is 0 Å². The second kappa shape index (κ2) is 5.32. The van der Waals surface area contributed by atoms with E-state index >= 15 is 0 Å². The minimum Gasteiger partial charge on any atom is -0.506 e. The standard InChI is InChI=1S/C12H18N4O2/c1-8-2-3-11(17)9(15-8)7-16-5-4-14-6-10(16)12(13)18/h2-3,10,14,17H,4-7H2,1H3,(H2,13,18). The molecule has 6 nitrogen and oxygen atoms in total. The third-order valence-electron chi connectivity index (χ3n) is 3.12. The number of pyridine rings is 1. The van der Waals surface area contributed by atoms with Gasteiger partial charge in [0.05, 0.1) is 5.69 Å². The van der Waals surface area contributed by atoms with Crippen LogP contribution in [0.25, 0.3) is 0 Å². The van der Waals surface area contributed by atoms with Crippen LogP contribution < -0.4 is 11.1 Å². The molecule has 0 bridgehead atoms. The van der Waals surface area contributed by atoms with Crippen molar-refractivity contribution in [1.82, 2.24) is 15.2 Å². The van der Waals surface area contributed by atoms with Gasteiger partial charge < -0.3 is 16.2 Å². The average molecular weight is 250 g/mol. The summed E-state index contributed by atoms with van der Waals surface area (Å²) in [5, 5.41) is 12.9. The molecule has 4 N–H and O–H groups in total. The van der Waals surface area contributed by atoms with E-state index in [1.165, 1.54) is 0 Å². The predicted molar refractivity (Wildman–Crippen MR) is 66.9 cm³/mol. The molecule has 1 aliphatic heterocycles. The maximum absolute atomic E-state index is 11.4. The monoisotopic (exact) mass is 250 g/mol. The minimum absolute atomic E-state index is 0.155. The highest BCUT2D eigenvalue weighted by atomic mass is 16.3. The Kier molecular flexibility index (Phi) is 3.78.